The molecule has 0 amide bonds. The van der Waals surface area contributed by atoms with Crippen molar-refractivity contribution in [3.8, 4) is 0 Å². The lowest BCUT2D eigenvalue weighted by Crippen LogP contribution is -2.34. The van der Waals surface area contributed by atoms with Gasteiger partial charge in [0.25, 0.3) is 0 Å². The summed E-state index contributed by atoms with van der Waals surface area (Å²) in [6.07, 6.45) is 0. The Hall–Kier alpha value is -0.380. The van der Waals surface area contributed by atoms with Crippen LogP contribution in [0, 0.1) is 6.92 Å². The normalized spacial score (nSPS) is 11.8. The van der Waals surface area contributed by atoms with Crippen molar-refractivity contribution < 1.29 is 4.74 Å². The lowest BCUT2D eigenvalue weighted by atomic mass is 9.82. The third-order valence-electron chi connectivity index (χ3n) is 2.74. The molecule has 1 rings (SSSR count). The Labute approximate surface area is 107 Å². The van der Waals surface area contributed by atoms with E-state index in [-0.39, 0.29) is 5.41 Å². The van der Waals surface area contributed by atoms with Crippen molar-refractivity contribution in [3.05, 3.63) is 33.8 Å². The summed E-state index contributed by atoms with van der Waals surface area (Å²) in [6.45, 7) is 8.13. The Morgan fingerprint density at radius 2 is 2.06 bits per heavy atom. The summed E-state index contributed by atoms with van der Waals surface area (Å²) in [7, 11) is 1.70. The van der Waals surface area contributed by atoms with Crippen LogP contribution in [0.3, 0.4) is 0 Å². The molecular weight excluding hydrogens is 266 g/mol. The number of ether oxygens (including phenoxy) is 1. The van der Waals surface area contributed by atoms with Gasteiger partial charge >= 0.3 is 0 Å². The topological polar surface area (TPSA) is 21.3 Å². The lowest BCUT2D eigenvalue weighted by Gasteiger charge is -2.27. The molecule has 1 aromatic rings. The monoisotopic (exact) mass is 285 g/mol. The summed E-state index contributed by atoms with van der Waals surface area (Å²) in [6, 6.07) is 6.43. The van der Waals surface area contributed by atoms with E-state index in [0.717, 1.165) is 11.0 Å². The molecule has 0 fully saturated rings. The largest absolute Gasteiger partial charge is 0.370 e. The smallest absolute Gasteiger partial charge is 0.0961 e. The van der Waals surface area contributed by atoms with E-state index in [2.05, 4.69) is 60.2 Å². The fourth-order valence-corrected chi connectivity index (χ4v) is 2.25. The number of hydrogen-bond donors (Lipinski definition) is 1. The van der Waals surface area contributed by atoms with E-state index in [1.165, 1.54) is 11.1 Å². The number of hydrogen-bond acceptors (Lipinski definition) is 2. The quantitative estimate of drug-likeness (QED) is 0.663. The zero-order chi connectivity index (χ0) is 12.2. The minimum absolute atomic E-state index is 0.104. The Kier molecular flexibility index (Phi) is 4.96. The van der Waals surface area contributed by atoms with Crippen LogP contribution < -0.4 is 5.32 Å². The molecule has 2 nitrogen and oxygen atoms in total. The molecule has 1 N–H and O–H groups in total. The molecule has 3 heteroatoms. The van der Waals surface area contributed by atoms with Gasteiger partial charge in [0.05, 0.1) is 6.73 Å². The molecular formula is C13H20BrNO. The number of halogens is 1. The average molecular weight is 286 g/mol. The Morgan fingerprint density at radius 3 is 2.69 bits per heavy atom. The van der Waals surface area contributed by atoms with E-state index in [9.17, 15) is 0 Å². The maximum Gasteiger partial charge on any atom is 0.0961 e. The second kappa shape index (κ2) is 5.80. The third kappa shape index (κ3) is 3.58. The zero-order valence-electron chi connectivity index (χ0n) is 10.4. The minimum atomic E-state index is 0.104. The first-order valence-corrected chi connectivity index (χ1v) is 6.23. The second-order valence-corrected chi connectivity index (χ2v) is 5.62. The van der Waals surface area contributed by atoms with Crippen molar-refractivity contribution in [1.29, 1.82) is 0 Å². The van der Waals surface area contributed by atoms with Gasteiger partial charge < -0.3 is 4.74 Å². The van der Waals surface area contributed by atoms with Crippen LogP contribution in [-0.2, 0) is 10.2 Å². The van der Waals surface area contributed by atoms with Gasteiger partial charge in [0.2, 0.25) is 0 Å². The average Bonchev–Trinajstić information content (AvgIpc) is 2.22. The van der Waals surface area contributed by atoms with Gasteiger partial charge in [0.15, 0.2) is 0 Å². The second-order valence-electron chi connectivity index (χ2n) is 4.70. The molecule has 0 saturated carbocycles. The van der Waals surface area contributed by atoms with E-state index in [1.807, 2.05) is 0 Å². The van der Waals surface area contributed by atoms with Crippen molar-refractivity contribution in [2.45, 2.75) is 26.2 Å². The summed E-state index contributed by atoms with van der Waals surface area (Å²) in [5.74, 6) is 0. The molecule has 0 atom stereocenters. The molecule has 1 aromatic carbocycles. The first-order valence-electron chi connectivity index (χ1n) is 5.43. The molecule has 0 saturated heterocycles. The van der Waals surface area contributed by atoms with Crippen LogP contribution in [0.2, 0.25) is 0 Å². The summed E-state index contributed by atoms with van der Waals surface area (Å²) in [4.78, 5) is 0. The third-order valence-corrected chi connectivity index (χ3v) is 3.24. The van der Waals surface area contributed by atoms with Gasteiger partial charge in [0.1, 0.15) is 0 Å². The van der Waals surface area contributed by atoms with Crippen molar-refractivity contribution in [2.24, 2.45) is 0 Å². The van der Waals surface area contributed by atoms with Crippen LogP contribution in [0.15, 0.2) is 22.7 Å². The van der Waals surface area contributed by atoms with Crippen LogP contribution >= 0.6 is 15.9 Å². The molecule has 0 radical (unpaired) electrons. The molecule has 16 heavy (non-hydrogen) atoms. The highest BCUT2D eigenvalue weighted by atomic mass is 79.9. The lowest BCUT2D eigenvalue weighted by molar-refractivity contribution is 0.169. The molecule has 0 aliphatic rings. The SMILES string of the molecule is COCNCC(C)(C)c1cc(Br)ccc1C. The van der Waals surface area contributed by atoms with E-state index in [1.54, 1.807) is 7.11 Å². The molecule has 0 aromatic heterocycles. The first-order chi connectivity index (χ1) is 7.47. The molecule has 0 aliphatic heterocycles. The molecule has 0 heterocycles. The van der Waals surface area contributed by atoms with Crippen molar-refractivity contribution in [3.63, 3.8) is 0 Å². The van der Waals surface area contributed by atoms with Crippen molar-refractivity contribution in [1.82, 2.24) is 5.32 Å². The molecule has 90 valence electrons. The zero-order valence-corrected chi connectivity index (χ0v) is 12.0. The minimum Gasteiger partial charge on any atom is -0.370 e. The fourth-order valence-electron chi connectivity index (χ4n) is 1.88. The molecule has 0 spiro atoms. The highest BCUT2D eigenvalue weighted by Gasteiger charge is 2.22. The first kappa shape index (κ1) is 13.7. The van der Waals surface area contributed by atoms with Gasteiger partial charge in [-0.2, -0.15) is 0 Å². The maximum absolute atomic E-state index is 5.01. The van der Waals surface area contributed by atoms with Gasteiger partial charge in [0, 0.05) is 23.5 Å². The van der Waals surface area contributed by atoms with E-state index in [4.69, 9.17) is 4.74 Å². The maximum atomic E-state index is 5.01. The molecule has 0 aliphatic carbocycles. The predicted molar refractivity (Wildman–Crippen MR) is 71.8 cm³/mol. The standard InChI is InChI=1S/C13H20BrNO/c1-10-5-6-11(14)7-12(10)13(2,3)8-15-9-16-4/h5-7,15H,8-9H2,1-4H3. The van der Waals surface area contributed by atoms with Gasteiger partial charge in [-0.15, -0.1) is 0 Å². The predicted octanol–water partition coefficient (Wildman–Crippen LogP) is 3.23. The van der Waals surface area contributed by atoms with Crippen LogP contribution in [0.1, 0.15) is 25.0 Å². The number of rotatable bonds is 5. The van der Waals surface area contributed by atoms with E-state index < -0.39 is 0 Å². The molecule has 0 unspecified atom stereocenters. The van der Waals surface area contributed by atoms with E-state index >= 15 is 0 Å². The van der Waals surface area contributed by atoms with Crippen LogP contribution in [0.4, 0.5) is 0 Å². The summed E-state index contributed by atoms with van der Waals surface area (Å²) in [5, 5.41) is 3.28. The van der Waals surface area contributed by atoms with Gasteiger partial charge in [-0.25, -0.2) is 0 Å². The highest BCUT2D eigenvalue weighted by Crippen LogP contribution is 2.28. The summed E-state index contributed by atoms with van der Waals surface area (Å²) >= 11 is 3.53. The van der Waals surface area contributed by atoms with Crippen LogP contribution in [0.5, 0.6) is 0 Å². The highest BCUT2D eigenvalue weighted by molar-refractivity contribution is 9.10. The number of methoxy groups -OCH3 is 1. The number of benzene rings is 1. The summed E-state index contributed by atoms with van der Waals surface area (Å²) in [5.41, 5.74) is 2.80. The van der Waals surface area contributed by atoms with Crippen LogP contribution in [0.25, 0.3) is 0 Å². The Morgan fingerprint density at radius 1 is 1.38 bits per heavy atom. The number of nitrogens with one attached hydrogen (secondary N) is 1. The van der Waals surface area contributed by atoms with Gasteiger partial charge in [-0.3, -0.25) is 5.32 Å². The fraction of sp³-hybridized carbons (Fsp3) is 0.538. The number of aryl methyl sites for hydroxylation is 1. The Balaban J connectivity index is 2.83. The van der Waals surface area contributed by atoms with Gasteiger partial charge in [-0.1, -0.05) is 35.8 Å². The van der Waals surface area contributed by atoms with Gasteiger partial charge in [-0.05, 0) is 30.2 Å². The van der Waals surface area contributed by atoms with E-state index in [0.29, 0.717) is 6.73 Å². The van der Waals surface area contributed by atoms with Crippen molar-refractivity contribution in [2.75, 3.05) is 20.4 Å². The Bertz CT molecular complexity index is 350. The van der Waals surface area contributed by atoms with Crippen molar-refractivity contribution >= 4 is 15.9 Å². The molecule has 0 bridgehead atoms. The summed E-state index contributed by atoms with van der Waals surface area (Å²) < 4.78 is 6.14. The van der Waals surface area contributed by atoms with Crippen LogP contribution in [-0.4, -0.2) is 20.4 Å².